The van der Waals surface area contributed by atoms with Crippen molar-refractivity contribution >= 4 is 5.91 Å². The minimum Gasteiger partial charge on any atom is -0.366 e. The topological polar surface area (TPSA) is 97.8 Å². The Morgan fingerprint density at radius 1 is 1.12 bits per heavy atom. The molecule has 1 atom stereocenters. The van der Waals surface area contributed by atoms with Crippen LogP contribution < -0.4 is 11.5 Å². The molecule has 0 bridgehead atoms. The van der Waals surface area contributed by atoms with Crippen LogP contribution in [0.1, 0.15) is 33.8 Å². The van der Waals surface area contributed by atoms with Gasteiger partial charge in [-0.1, -0.05) is 36.4 Å². The zero-order valence-electron chi connectivity index (χ0n) is 14.0. The molecule has 3 aromatic rings. The molecule has 1 amide bonds. The Kier molecular flexibility index (Phi) is 5.26. The minimum absolute atomic E-state index is 0.298. The summed E-state index contributed by atoms with van der Waals surface area (Å²) >= 11 is 0. The molecule has 0 aliphatic rings. The van der Waals surface area contributed by atoms with Gasteiger partial charge < -0.3 is 11.5 Å². The number of nitrogens with one attached hydrogen (secondary N) is 1. The predicted octanol–water partition coefficient (Wildman–Crippen LogP) is 2.85. The molecule has 1 heterocycles. The van der Waals surface area contributed by atoms with Crippen molar-refractivity contribution in [3.8, 4) is 11.1 Å². The Hall–Kier alpha value is -2.92. The Morgan fingerprint density at radius 2 is 1.92 bits per heavy atom. The van der Waals surface area contributed by atoms with E-state index in [2.05, 4.69) is 34.5 Å². The molecule has 0 spiro atoms. The van der Waals surface area contributed by atoms with Crippen molar-refractivity contribution in [2.24, 2.45) is 11.5 Å². The largest absolute Gasteiger partial charge is 0.366 e. The van der Waals surface area contributed by atoms with Crippen molar-refractivity contribution < 1.29 is 4.79 Å². The fourth-order valence-electron chi connectivity index (χ4n) is 3.08. The smallest absolute Gasteiger partial charge is 0.248 e. The second-order valence-electron chi connectivity index (χ2n) is 6.15. The van der Waals surface area contributed by atoms with Crippen LogP contribution in [0.3, 0.4) is 0 Å². The van der Waals surface area contributed by atoms with E-state index < -0.39 is 5.91 Å². The SMILES string of the molecule is NCCC(Cc1cccc(C(N)=O)c1)c1ccc(-c2cn[nH]c2)cc1. The van der Waals surface area contributed by atoms with Gasteiger partial charge in [-0.3, -0.25) is 9.89 Å². The highest BCUT2D eigenvalue weighted by Gasteiger charge is 2.13. The van der Waals surface area contributed by atoms with Crippen molar-refractivity contribution in [1.82, 2.24) is 10.2 Å². The van der Waals surface area contributed by atoms with E-state index in [-0.39, 0.29) is 0 Å². The summed E-state index contributed by atoms with van der Waals surface area (Å²) in [5.41, 5.74) is 16.3. The van der Waals surface area contributed by atoms with Crippen LogP contribution in [0.15, 0.2) is 60.9 Å². The van der Waals surface area contributed by atoms with E-state index in [9.17, 15) is 4.79 Å². The number of carbonyl (C=O) groups is 1. The third-order valence-electron chi connectivity index (χ3n) is 4.42. The molecule has 0 radical (unpaired) electrons. The van der Waals surface area contributed by atoms with Crippen molar-refractivity contribution in [2.75, 3.05) is 6.54 Å². The summed E-state index contributed by atoms with van der Waals surface area (Å²) in [5.74, 6) is -0.104. The lowest BCUT2D eigenvalue weighted by Crippen LogP contribution is -2.13. The molecule has 0 aliphatic carbocycles. The van der Waals surface area contributed by atoms with Crippen molar-refractivity contribution in [1.29, 1.82) is 0 Å². The number of aromatic amines is 1. The van der Waals surface area contributed by atoms with Crippen molar-refractivity contribution in [3.05, 3.63) is 77.6 Å². The summed E-state index contributed by atoms with van der Waals surface area (Å²) in [5, 5.41) is 6.81. The lowest BCUT2D eigenvalue weighted by Gasteiger charge is -2.17. The van der Waals surface area contributed by atoms with Gasteiger partial charge >= 0.3 is 0 Å². The van der Waals surface area contributed by atoms with Gasteiger partial charge in [-0.2, -0.15) is 5.10 Å². The maximum atomic E-state index is 11.4. The fourth-order valence-corrected chi connectivity index (χ4v) is 3.08. The highest BCUT2D eigenvalue weighted by atomic mass is 16.1. The van der Waals surface area contributed by atoms with Crippen molar-refractivity contribution in [2.45, 2.75) is 18.8 Å². The summed E-state index contributed by atoms with van der Waals surface area (Å²) in [4.78, 5) is 11.4. The second kappa shape index (κ2) is 7.77. The number of primary amides is 1. The monoisotopic (exact) mass is 334 g/mol. The van der Waals surface area contributed by atoms with E-state index in [1.165, 1.54) is 5.56 Å². The third kappa shape index (κ3) is 4.14. The number of nitrogens with two attached hydrogens (primary N) is 2. The molecule has 25 heavy (non-hydrogen) atoms. The number of hydrogen-bond donors (Lipinski definition) is 3. The zero-order valence-corrected chi connectivity index (χ0v) is 14.0. The Morgan fingerprint density at radius 3 is 2.56 bits per heavy atom. The van der Waals surface area contributed by atoms with Gasteiger partial charge in [-0.25, -0.2) is 0 Å². The molecule has 5 heteroatoms. The molecule has 5 nitrogen and oxygen atoms in total. The maximum absolute atomic E-state index is 11.4. The summed E-state index contributed by atoms with van der Waals surface area (Å²) in [6.45, 7) is 0.615. The summed E-state index contributed by atoms with van der Waals surface area (Å²) in [7, 11) is 0. The minimum atomic E-state index is -0.401. The first-order valence-corrected chi connectivity index (χ1v) is 8.35. The molecule has 1 unspecified atom stereocenters. The number of benzene rings is 2. The van der Waals surface area contributed by atoms with Crippen LogP contribution in [0.4, 0.5) is 0 Å². The maximum Gasteiger partial charge on any atom is 0.248 e. The molecule has 3 rings (SSSR count). The first kappa shape index (κ1) is 16.9. The number of rotatable bonds is 7. The Bertz CT molecular complexity index is 825. The lowest BCUT2D eigenvalue weighted by atomic mass is 9.88. The molecule has 0 fully saturated rings. The van der Waals surface area contributed by atoms with Gasteiger partial charge in [0.2, 0.25) is 5.91 Å². The van der Waals surface area contributed by atoms with E-state index in [4.69, 9.17) is 11.5 Å². The normalized spacial score (nSPS) is 12.0. The number of H-pyrrole nitrogens is 1. The molecule has 0 saturated carbocycles. The van der Waals surface area contributed by atoms with E-state index in [1.807, 2.05) is 30.6 Å². The number of carbonyl (C=O) groups excluding carboxylic acids is 1. The van der Waals surface area contributed by atoms with Crippen LogP contribution in [-0.2, 0) is 6.42 Å². The molecule has 128 valence electrons. The second-order valence-corrected chi connectivity index (χ2v) is 6.15. The van der Waals surface area contributed by atoms with Gasteiger partial charge in [-0.05, 0) is 54.1 Å². The highest BCUT2D eigenvalue weighted by molar-refractivity contribution is 5.92. The first-order valence-electron chi connectivity index (χ1n) is 8.35. The molecule has 0 saturated heterocycles. The molecule has 2 aromatic carbocycles. The van der Waals surface area contributed by atoms with Gasteiger partial charge in [0.15, 0.2) is 0 Å². The molecular weight excluding hydrogens is 312 g/mol. The zero-order chi connectivity index (χ0) is 17.6. The van der Waals surface area contributed by atoms with Crippen LogP contribution >= 0.6 is 0 Å². The van der Waals surface area contributed by atoms with Crippen LogP contribution in [0.5, 0.6) is 0 Å². The average Bonchev–Trinajstić information content (AvgIpc) is 3.16. The van der Waals surface area contributed by atoms with Gasteiger partial charge in [0.05, 0.1) is 6.20 Å². The Labute approximate surface area is 147 Å². The van der Waals surface area contributed by atoms with Crippen LogP contribution in [0.25, 0.3) is 11.1 Å². The number of hydrogen-bond acceptors (Lipinski definition) is 3. The van der Waals surface area contributed by atoms with Gasteiger partial charge in [-0.15, -0.1) is 0 Å². The van der Waals surface area contributed by atoms with Crippen LogP contribution in [0.2, 0.25) is 0 Å². The fraction of sp³-hybridized carbons (Fsp3) is 0.200. The lowest BCUT2D eigenvalue weighted by molar-refractivity contribution is 0.1000. The summed E-state index contributed by atoms with van der Waals surface area (Å²) < 4.78 is 0. The predicted molar refractivity (Wildman–Crippen MR) is 99.1 cm³/mol. The molecule has 1 aromatic heterocycles. The Balaban J connectivity index is 1.81. The van der Waals surface area contributed by atoms with Gasteiger partial charge in [0, 0.05) is 17.3 Å². The number of aromatic nitrogens is 2. The molecular formula is C20H22N4O. The number of nitrogens with zero attached hydrogens (tertiary/aromatic N) is 1. The molecule has 5 N–H and O–H groups in total. The van der Waals surface area contributed by atoms with Crippen LogP contribution in [0, 0.1) is 0 Å². The highest BCUT2D eigenvalue weighted by Crippen LogP contribution is 2.27. The average molecular weight is 334 g/mol. The quantitative estimate of drug-likeness (QED) is 0.619. The first-order chi connectivity index (χ1) is 12.2. The van der Waals surface area contributed by atoms with Crippen molar-refractivity contribution in [3.63, 3.8) is 0 Å². The van der Waals surface area contributed by atoms with E-state index >= 15 is 0 Å². The third-order valence-corrected chi connectivity index (χ3v) is 4.42. The number of amides is 1. The molecule has 0 aliphatic heterocycles. The van der Waals surface area contributed by atoms with E-state index in [0.29, 0.717) is 18.0 Å². The van der Waals surface area contributed by atoms with Gasteiger partial charge in [0.25, 0.3) is 0 Å². The van der Waals surface area contributed by atoms with E-state index in [1.54, 1.807) is 6.07 Å². The van der Waals surface area contributed by atoms with E-state index in [0.717, 1.165) is 29.5 Å². The van der Waals surface area contributed by atoms with Crippen LogP contribution in [-0.4, -0.2) is 22.6 Å². The summed E-state index contributed by atoms with van der Waals surface area (Å²) in [6, 6.07) is 16.0. The standard InChI is InChI=1S/C20H22N4O/c21-9-8-17(10-14-2-1-3-18(11-14)20(22)25)15-4-6-16(7-5-15)19-12-23-24-13-19/h1-7,11-13,17H,8-10,21H2,(H2,22,25)(H,23,24). The summed E-state index contributed by atoms with van der Waals surface area (Å²) in [6.07, 6.45) is 5.39. The van der Waals surface area contributed by atoms with Gasteiger partial charge in [0.1, 0.15) is 0 Å².